The first-order chi connectivity index (χ1) is 8.06. The molecule has 1 aromatic carbocycles. The number of nitrogens with zero attached hydrogens (tertiary/aromatic N) is 1. The molecule has 0 spiro atoms. The second-order valence-corrected chi connectivity index (χ2v) is 3.60. The minimum atomic E-state index is -1.01. The molecular formula is C11H14N2O4. The molecule has 0 aromatic heterocycles. The van der Waals surface area contributed by atoms with Gasteiger partial charge in [0.15, 0.2) is 0 Å². The standard InChI is InChI=1S/C11H14N2O4/c1-2-5-9(11(14)15)12-8-6-3-4-7-10(8)13(16)17/h3-4,6-7,9,12H,2,5H2,1H3,(H,14,15)/t9-/m1/s1. The van der Waals surface area contributed by atoms with E-state index in [0.717, 1.165) is 0 Å². The van der Waals surface area contributed by atoms with E-state index in [1.54, 1.807) is 12.1 Å². The monoisotopic (exact) mass is 238 g/mol. The molecule has 0 saturated carbocycles. The van der Waals surface area contributed by atoms with Crippen LogP contribution in [0.25, 0.3) is 0 Å². The zero-order chi connectivity index (χ0) is 12.8. The molecule has 0 amide bonds. The fourth-order valence-electron chi connectivity index (χ4n) is 1.49. The maximum Gasteiger partial charge on any atom is 0.326 e. The van der Waals surface area contributed by atoms with E-state index >= 15 is 0 Å². The third-order valence-electron chi connectivity index (χ3n) is 2.31. The fraction of sp³-hybridized carbons (Fsp3) is 0.364. The Balaban J connectivity index is 2.92. The number of carboxylic acid groups (broad SMARTS) is 1. The van der Waals surface area contributed by atoms with Crippen molar-refractivity contribution in [3.05, 3.63) is 34.4 Å². The number of anilines is 1. The van der Waals surface area contributed by atoms with Crippen LogP contribution in [-0.2, 0) is 4.79 Å². The van der Waals surface area contributed by atoms with Crippen molar-refractivity contribution in [1.29, 1.82) is 0 Å². The molecule has 2 N–H and O–H groups in total. The number of rotatable bonds is 6. The van der Waals surface area contributed by atoms with Gasteiger partial charge in [0, 0.05) is 6.07 Å². The lowest BCUT2D eigenvalue weighted by Crippen LogP contribution is -2.29. The van der Waals surface area contributed by atoms with Crippen molar-refractivity contribution in [1.82, 2.24) is 0 Å². The van der Waals surface area contributed by atoms with Crippen molar-refractivity contribution < 1.29 is 14.8 Å². The lowest BCUT2D eigenvalue weighted by molar-refractivity contribution is -0.384. The fourth-order valence-corrected chi connectivity index (χ4v) is 1.49. The zero-order valence-corrected chi connectivity index (χ0v) is 9.42. The summed E-state index contributed by atoms with van der Waals surface area (Å²) >= 11 is 0. The van der Waals surface area contributed by atoms with Gasteiger partial charge in [0.25, 0.3) is 5.69 Å². The van der Waals surface area contributed by atoms with Gasteiger partial charge >= 0.3 is 5.97 Å². The van der Waals surface area contributed by atoms with E-state index in [2.05, 4.69) is 5.32 Å². The summed E-state index contributed by atoms with van der Waals surface area (Å²) in [7, 11) is 0. The maximum absolute atomic E-state index is 10.9. The average Bonchev–Trinajstić information content (AvgIpc) is 2.28. The highest BCUT2D eigenvalue weighted by atomic mass is 16.6. The van der Waals surface area contributed by atoms with Crippen LogP contribution in [0.5, 0.6) is 0 Å². The summed E-state index contributed by atoms with van der Waals surface area (Å²) in [5.74, 6) is -1.01. The Labute approximate surface area is 98.4 Å². The predicted octanol–water partition coefficient (Wildman–Crippen LogP) is 2.26. The van der Waals surface area contributed by atoms with Gasteiger partial charge in [-0.15, -0.1) is 0 Å². The van der Waals surface area contributed by atoms with Gasteiger partial charge in [0.1, 0.15) is 11.7 Å². The molecule has 0 heterocycles. The molecule has 17 heavy (non-hydrogen) atoms. The topological polar surface area (TPSA) is 92.5 Å². The molecule has 0 radical (unpaired) electrons. The van der Waals surface area contributed by atoms with Crippen LogP contribution >= 0.6 is 0 Å². The van der Waals surface area contributed by atoms with Gasteiger partial charge in [-0.2, -0.15) is 0 Å². The smallest absolute Gasteiger partial charge is 0.326 e. The molecule has 0 aliphatic heterocycles. The minimum Gasteiger partial charge on any atom is -0.480 e. The number of carboxylic acids is 1. The van der Waals surface area contributed by atoms with Gasteiger partial charge in [0.05, 0.1) is 4.92 Å². The first kappa shape index (κ1) is 13.0. The van der Waals surface area contributed by atoms with E-state index in [9.17, 15) is 14.9 Å². The van der Waals surface area contributed by atoms with Gasteiger partial charge in [-0.05, 0) is 12.5 Å². The van der Waals surface area contributed by atoms with Crippen LogP contribution in [0, 0.1) is 10.1 Å². The molecule has 6 heteroatoms. The molecule has 6 nitrogen and oxygen atoms in total. The van der Waals surface area contributed by atoms with E-state index in [1.807, 2.05) is 6.92 Å². The molecule has 0 fully saturated rings. The lowest BCUT2D eigenvalue weighted by Gasteiger charge is -2.14. The predicted molar refractivity (Wildman–Crippen MR) is 63.1 cm³/mol. The summed E-state index contributed by atoms with van der Waals surface area (Å²) in [5.41, 5.74) is 0.119. The van der Waals surface area contributed by atoms with Gasteiger partial charge in [-0.25, -0.2) is 4.79 Å². The number of carbonyl (C=O) groups is 1. The number of nitro benzene ring substituents is 1. The Morgan fingerprint density at radius 3 is 2.71 bits per heavy atom. The van der Waals surface area contributed by atoms with Crippen LogP contribution in [0.15, 0.2) is 24.3 Å². The minimum absolute atomic E-state index is 0.116. The SMILES string of the molecule is CCC[C@@H](Nc1ccccc1[N+](=O)[O-])C(=O)O. The maximum atomic E-state index is 10.9. The Hall–Kier alpha value is -2.11. The highest BCUT2D eigenvalue weighted by molar-refractivity contribution is 5.78. The normalized spacial score (nSPS) is 11.8. The summed E-state index contributed by atoms with van der Waals surface area (Å²) in [5, 5.41) is 22.4. The highest BCUT2D eigenvalue weighted by Gasteiger charge is 2.20. The van der Waals surface area contributed by atoms with Crippen molar-refractivity contribution in [2.75, 3.05) is 5.32 Å². The third-order valence-corrected chi connectivity index (χ3v) is 2.31. The van der Waals surface area contributed by atoms with Crippen LogP contribution < -0.4 is 5.32 Å². The molecule has 0 unspecified atom stereocenters. The van der Waals surface area contributed by atoms with Crippen molar-refractivity contribution in [2.24, 2.45) is 0 Å². The molecule has 0 aliphatic carbocycles. The quantitative estimate of drug-likeness (QED) is 0.585. The second-order valence-electron chi connectivity index (χ2n) is 3.60. The first-order valence-electron chi connectivity index (χ1n) is 5.29. The van der Waals surface area contributed by atoms with Crippen LogP contribution in [0.1, 0.15) is 19.8 Å². The van der Waals surface area contributed by atoms with Crippen LogP contribution in [-0.4, -0.2) is 22.0 Å². The van der Waals surface area contributed by atoms with Crippen molar-refractivity contribution >= 4 is 17.3 Å². The highest BCUT2D eigenvalue weighted by Crippen LogP contribution is 2.24. The van der Waals surface area contributed by atoms with Crippen molar-refractivity contribution in [3.63, 3.8) is 0 Å². The number of nitro groups is 1. The summed E-state index contributed by atoms with van der Waals surface area (Å²) in [6.07, 6.45) is 1.10. The number of hydrogen-bond acceptors (Lipinski definition) is 4. The molecule has 0 aliphatic rings. The van der Waals surface area contributed by atoms with Gasteiger partial charge < -0.3 is 10.4 Å². The Morgan fingerprint density at radius 2 is 2.18 bits per heavy atom. The molecule has 0 saturated heterocycles. The van der Waals surface area contributed by atoms with E-state index < -0.39 is 16.9 Å². The number of benzene rings is 1. The van der Waals surface area contributed by atoms with Crippen molar-refractivity contribution in [2.45, 2.75) is 25.8 Å². The molecule has 1 atom stereocenters. The van der Waals surface area contributed by atoms with E-state index in [-0.39, 0.29) is 11.4 Å². The van der Waals surface area contributed by atoms with Crippen LogP contribution in [0.2, 0.25) is 0 Å². The summed E-state index contributed by atoms with van der Waals surface area (Å²) in [6.45, 7) is 1.86. The summed E-state index contributed by atoms with van der Waals surface area (Å²) < 4.78 is 0. The first-order valence-corrected chi connectivity index (χ1v) is 5.29. The van der Waals surface area contributed by atoms with Crippen LogP contribution in [0.4, 0.5) is 11.4 Å². The third kappa shape index (κ3) is 3.44. The number of para-hydroxylation sites is 2. The van der Waals surface area contributed by atoms with Crippen LogP contribution in [0.3, 0.4) is 0 Å². The lowest BCUT2D eigenvalue weighted by atomic mass is 10.1. The Bertz CT molecular complexity index is 420. The molecule has 0 bridgehead atoms. The number of hydrogen-bond donors (Lipinski definition) is 2. The van der Waals surface area contributed by atoms with Gasteiger partial charge in [-0.3, -0.25) is 10.1 Å². The molecule has 92 valence electrons. The Kier molecular flexibility index (Phi) is 4.45. The van der Waals surface area contributed by atoms with E-state index in [4.69, 9.17) is 5.11 Å². The molecule has 1 aromatic rings. The molecular weight excluding hydrogens is 224 g/mol. The van der Waals surface area contributed by atoms with Crippen molar-refractivity contribution in [3.8, 4) is 0 Å². The summed E-state index contributed by atoms with van der Waals surface area (Å²) in [6, 6.07) is 5.21. The largest absolute Gasteiger partial charge is 0.480 e. The summed E-state index contributed by atoms with van der Waals surface area (Å²) in [4.78, 5) is 21.2. The molecule has 1 rings (SSSR count). The van der Waals surface area contributed by atoms with E-state index in [0.29, 0.717) is 12.8 Å². The number of nitrogens with one attached hydrogen (secondary N) is 1. The number of aliphatic carboxylic acids is 1. The zero-order valence-electron chi connectivity index (χ0n) is 9.42. The average molecular weight is 238 g/mol. The second kappa shape index (κ2) is 5.83. The van der Waals surface area contributed by atoms with Gasteiger partial charge in [0.2, 0.25) is 0 Å². The Morgan fingerprint density at radius 1 is 1.53 bits per heavy atom. The van der Waals surface area contributed by atoms with E-state index in [1.165, 1.54) is 12.1 Å². The van der Waals surface area contributed by atoms with Gasteiger partial charge in [-0.1, -0.05) is 25.5 Å².